The summed E-state index contributed by atoms with van der Waals surface area (Å²) < 4.78 is 0. The fraction of sp³-hybridized carbons (Fsp3) is 0.417. The SMILES string of the molecule is CC(C)(CCO)Nc1ccc(C#N)cc1. The van der Waals surface area contributed by atoms with E-state index < -0.39 is 0 Å². The molecule has 0 radical (unpaired) electrons. The molecule has 0 unspecified atom stereocenters. The van der Waals surface area contributed by atoms with Crippen molar-refractivity contribution in [3.05, 3.63) is 29.8 Å². The number of anilines is 1. The molecule has 15 heavy (non-hydrogen) atoms. The van der Waals surface area contributed by atoms with Crippen LogP contribution < -0.4 is 5.32 Å². The number of nitriles is 1. The molecule has 0 amide bonds. The fourth-order valence-electron chi connectivity index (χ4n) is 1.36. The maximum Gasteiger partial charge on any atom is 0.0991 e. The Labute approximate surface area is 90.4 Å². The molecule has 0 bridgehead atoms. The first-order valence-electron chi connectivity index (χ1n) is 4.96. The zero-order valence-electron chi connectivity index (χ0n) is 9.12. The summed E-state index contributed by atoms with van der Waals surface area (Å²) in [7, 11) is 0. The third-order valence-corrected chi connectivity index (χ3v) is 2.23. The molecule has 0 spiro atoms. The van der Waals surface area contributed by atoms with E-state index >= 15 is 0 Å². The smallest absolute Gasteiger partial charge is 0.0991 e. The molecule has 2 N–H and O–H groups in total. The molecule has 0 aliphatic rings. The Morgan fingerprint density at radius 1 is 1.33 bits per heavy atom. The van der Waals surface area contributed by atoms with Gasteiger partial charge in [-0.25, -0.2) is 0 Å². The molecule has 0 aromatic heterocycles. The van der Waals surface area contributed by atoms with Gasteiger partial charge in [0.05, 0.1) is 11.6 Å². The van der Waals surface area contributed by atoms with E-state index in [1.54, 1.807) is 12.1 Å². The van der Waals surface area contributed by atoms with Crippen LogP contribution in [-0.2, 0) is 0 Å². The lowest BCUT2D eigenvalue weighted by Crippen LogP contribution is -2.31. The second-order valence-electron chi connectivity index (χ2n) is 4.17. The van der Waals surface area contributed by atoms with E-state index in [1.807, 2.05) is 26.0 Å². The first kappa shape index (κ1) is 11.5. The summed E-state index contributed by atoms with van der Waals surface area (Å²) in [6, 6.07) is 9.37. The van der Waals surface area contributed by atoms with E-state index in [-0.39, 0.29) is 12.1 Å². The first-order valence-corrected chi connectivity index (χ1v) is 4.96. The molecule has 80 valence electrons. The van der Waals surface area contributed by atoms with Gasteiger partial charge in [0.1, 0.15) is 0 Å². The van der Waals surface area contributed by atoms with Crippen LogP contribution in [0.15, 0.2) is 24.3 Å². The highest BCUT2D eigenvalue weighted by atomic mass is 16.3. The highest BCUT2D eigenvalue weighted by Crippen LogP contribution is 2.18. The largest absolute Gasteiger partial charge is 0.396 e. The summed E-state index contributed by atoms with van der Waals surface area (Å²) in [6.45, 7) is 4.22. The van der Waals surface area contributed by atoms with Crippen LogP contribution in [0.4, 0.5) is 5.69 Å². The second kappa shape index (κ2) is 4.81. The molecule has 1 aromatic carbocycles. The summed E-state index contributed by atoms with van der Waals surface area (Å²) in [5.41, 5.74) is 1.48. The van der Waals surface area contributed by atoms with Crippen molar-refractivity contribution in [3.8, 4) is 6.07 Å². The topological polar surface area (TPSA) is 56.0 Å². The molecule has 0 aliphatic heterocycles. The van der Waals surface area contributed by atoms with E-state index in [1.165, 1.54) is 0 Å². The third kappa shape index (κ3) is 3.61. The number of rotatable bonds is 4. The predicted octanol–water partition coefficient (Wildman–Crippen LogP) is 2.13. The van der Waals surface area contributed by atoms with Crippen LogP contribution in [-0.4, -0.2) is 17.3 Å². The standard InChI is InChI=1S/C12H16N2O/c1-12(2,7-8-15)14-11-5-3-10(9-13)4-6-11/h3-6,14-15H,7-8H2,1-2H3. The maximum atomic E-state index is 8.88. The lowest BCUT2D eigenvalue weighted by molar-refractivity contribution is 0.261. The van der Waals surface area contributed by atoms with E-state index in [2.05, 4.69) is 11.4 Å². The summed E-state index contributed by atoms with van der Waals surface area (Å²) in [5, 5.41) is 20.8. The molecule has 3 heteroatoms. The Balaban J connectivity index is 2.69. The lowest BCUT2D eigenvalue weighted by atomic mass is 10.0. The Bertz CT molecular complexity index is 349. The van der Waals surface area contributed by atoms with Gasteiger partial charge in [-0.3, -0.25) is 0 Å². The highest BCUT2D eigenvalue weighted by Gasteiger charge is 2.15. The summed E-state index contributed by atoms with van der Waals surface area (Å²) in [5.74, 6) is 0. The summed E-state index contributed by atoms with van der Waals surface area (Å²) >= 11 is 0. The van der Waals surface area contributed by atoms with Gasteiger partial charge in [-0.15, -0.1) is 0 Å². The molecule has 1 rings (SSSR count). The van der Waals surface area contributed by atoms with Crippen LogP contribution in [0.1, 0.15) is 25.8 Å². The summed E-state index contributed by atoms with van der Waals surface area (Å²) in [4.78, 5) is 0. The number of nitrogens with zero attached hydrogens (tertiary/aromatic N) is 1. The third-order valence-electron chi connectivity index (χ3n) is 2.23. The molecule has 0 atom stereocenters. The van der Waals surface area contributed by atoms with Crippen LogP contribution in [0.3, 0.4) is 0 Å². The van der Waals surface area contributed by atoms with Crippen molar-refractivity contribution in [2.45, 2.75) is 25.8 Å². The minimum atomic E-state index is -0.136. The fourth-order valence-corrected chi connectivity index (χ4v) is 1.36. The Hall–Kier alpha value is -1.53. The van der Waals surface area contributed by atoms with E-state index in [0.717, 1.165) is 5.69 Å². The number of aliphatic hydroxyl groups is 1. The van der Waals surface area contributed by atoms with Crippen LogP contribution in [0, 0.1) is 11.3 Å². The van der Waals surface area contributed by atoms with Crippen molar-refractivity contribution in [3.63, 3.8) is 0 Å². The highest BCUT2D eigenvalue weighted by molar-refractivity contribution is 5.48. The van der Waals surface area contributed by atoms with Crippen molar-refractivity contribution in [2.75, 3.05) is 11.9 Å². The van der Waals surface area contributed by atoms with Gasteiger partial charge in [-0.1, -0.05) is 0 Å². The van der Waals surface area contributed by atoms with Crippen molar-refractivity contribution < 1.29 is 5.11 Å². The van der Waals surface area contributed by atoms with E-state index in [0.29, 0.717) is 12.0 Å². The second-order valence-corrected chi connectivity index (χ2v) is 4.17. The summed E-state index contributed by atoms with van der Waals surface area (Å²) in [6.07, 6.45) is 0.688. The Morgan fingerprint density at radius 3 is 2.40 bits per heavy atom. The Morgan fingerprint density at radius 2 is 1.93 bits per heavy atom. The quantitative estimate of drug-likeness (QED) is 0.790. The zero-order chi connectivity index (χ0) is 11.3. The van der Waals surface area contributed by atoms with Crippen LogP contribution in [0.25, 0.3) is 0 Å². The number of nitrogens with one attached hydrogen (secondary N) is 1. The van der Waals surface area contributed by atoms with E-state index in [9.17, 15) is 0 Å². The van der Waals surface area contributed by atoms with Gasteiger partial charge in [0.2, 0.25) is 0 Å². The number of aliphatic hydroxyl groups excluding tert-OH is 1. The van der Waals surface area contributed by atoms with Gasteiger partial charge in [-0.2, -0.15) is 5.26 Å². The lowest BCUT2D eigenvalue weighted by Gasteiger charge is -2.26. The molecule has 0 saturated heterocycles. The average molecular weight is 204 g/mol. The minimum Gasteiger partial charge on any atom is -0.396 e. The van der Waals surface area contributed by atoms with Gasteiger partial charge in [0.25, 0.3) is 0 Å². The molecule has 1 aromatic rings. The van der Waals surface area contributed by atoms with E-state index in [4.69, 9.17) is 10.4 Å². The molecular formula is C12H16N2O. The van der Waals surface area contributed by atoms with Gasteiger partial charge in [-0.05, 0) is 44.5 Å². The monoisotopic (exact) mass is 204 g/mol. The Kier molecular flexibility index (Phi) is 3.70. The number of benzene rings is 1. The van der Waals surface area contributed by atoms with Gasteiger partial charge >= 0.3 is 0 Å². The van der Waals surface area contributed by atoms with Gasteiger partial charge in [0.15, 0.2) is 0 Å². The minimum absolute atomic E-state index is 0.136. The van der Waals surface area contributed by atoms with Crippen molar-refractivity contribution in [1.29, 1.82) is 5.26 Å². The number of hydrogen-bond donors (Lipinski definition) is 2. The van der Waals surface area contributed by atoms with Crippen LogP contribution in [0.2, 0.25) is 0 Å². The van der Waals surface area contributed by atoms with Crippen molar-refractivity contribution in [1.82, 2.24) is 0 Å². The molecule has 0 fully saturated rings. The normalized spacial score (nSPS) is 10.8. The molecule has 3 nitrogen and oxygen atoms in total. The van der Waals surface area contributed by atoms with Crippen molar-refractivity contribution in [2.24, 2.45) is 0 Å². The van der Waals surface area contributed by atoms with Crippen LogP contribution in [0.5, 0.6) is 0 Å². The van der Waals surface area contributed by atoms with Crippen molar-refractivity contribution >= 4 is 5.69 Å². The molecule has 0 saturated carbocycles. The predicted molar refractivity (Wildman–Crippen MR) is 60.6 cm³/mol. The number of hydrogen-bond acceptors (Lipinski definition) is 3. The molecular weight excluding hydrogens is 188 g/mol. The van der Waals surface area contributed by atoms with Gasteiger partial charge in [0, 0.05) is 17.8 Å². The average Bonchev–Trinajstić information content (AvgIpc) is 2.18. The zero-order valence-corrected chi connectivity index (χ0v) is 9.12. The first-order chi connectivity index (χ1) is 7.07. The van der Waals surface area contributed by atoms with Crippen LogP contribution >= 0.6 is 0 Å². The molecule has 0 heterocycles. The van der Waals surface area contributed by atoms with Gasteiger partial charge < -0.3 is 10.4 Å². The molecule has 0 aliphatic carbocycles. The maximum absolute atomic E-state index is 8.88.